The summed E-state index contributed by atoms with van der Waals surface area (Å²) in [6, 6.07) is 5.98. The van der Waals surface area contributed by atoms with Gasteiger partial charge in [-0.3, -0.25) is 4.79 Å². The van der Waals surface area contributed by atoms with Crippen molar-refractivity contribution in [2.75, 3.05) is 5.73 Å². The van der Waals surface area contributed by atoms with Gasteiger partial charge in [-0.05, 0) is 30.8 Å². The summed E-state index contributed by atoms with van der Waals surface area (Å²) in [6.45, 7) is 1.69. The van der Waals surface area contributed by atoms with Crippen LogP contribution in [0.2, 0.25) is 0 Å². The monoisotopic (exact) mass is 277 g/mol. The lowest BCUT2D eigenvalue weighted by Crippen LogP contribution is -2.09. The minimum Gasteiger partial charge on any atom is -0.478 e. The first-order valence-electron chi connectivity index (χ1n) is 5.35. The quantitative estimate of drug-likeness (QED) is 0.579. The van der Waals surface area contributed by atoms with Crippen LogP contribution in [0.5, 0.6) is 0 Å². The number of nitrogens with zero attached hydrogens (tertiary/aromatic N) is 1. The van der Waals surface area contributed by atoms with Crippen molar-refractivity contribution in [3.63, 3.8) is 0 Å². The van der Waals surface area contributed by atoms with Gasteiger partial charge in [-0.2, -0.15) is 0 Å². The van der Waals surface area contributed by atoms with E-state index in [9.17, 15) is 9.59 Å². The Morgan fingerprint density at radius 3 is 2.84 bits per heavy atom. The van der Waals surface area contributed by atoms with E-state index in [1.807, 2.05) is 0 Å². The third-order valence-corrected chi connectivity index (χ3v) is 3.37. The fraction of sp³-hybridized carbons (Fsp3) is 0.0833. The zero-order chi connectivity index (χ0) is 14.0. The summed E-state index contributed by atoms with van der Waals surface area (Å²) in [5, 5.41) is 9.43. The molecule has 1 aromatic carbocycles. The highest BCUT2D eigenvalue weighted by atomic mass is 32.2. The number of carbonyl (C=O) groups is 1. The van der Waals surface area contributed by atoms with Crippen LogP contribution in [0, 0.1) is 6.92 Å². The van der Waals surface area contributed by atoms with E-state index < -0.39 is 5.97 Å². The number of benzene rings is 1. The number of H-pyrrole nitrogens is 1. The number of aromatic carboxylic acids is 1. The average molecular weight is 277 g/mol. The van der Waals surface area contributed by atoms with Gasteiger partial charge < -0.3 is 15.8 Å². The Kier molecular flexibility index (Phi) is 3.57. The Hall–Kier alpha value is -2.28. The van der Waals surface area contributed by atoms with Gasteiger partial charge in [0, 0.05) is 17.4 Å². The maximum Gasteiger partial charge on any atom is 0.336 e. The predicted octanol–water partition coefficient (Wildman–Crippen LogP) is 1.51. The van der Waals surface area contributed by atoms with Crippen LogP contribution in [0.15, 0.2) is 39.1 Å². The van der Waals surface area contributed by atoms with E-state index >= 15 is 0 Å². The molecule has 0 bridgehead atoms. The Morgan fingerprint density at radius 1 is 1.47 bits per heavy atom. The van der Waals surface area contributed by atoms with E-state index in [0.717, 1.165) is 11.8 Å². The van der Waals surface area contributed by atoms with Crippen molar-refractivity contribution in [2.45, 2.75) is 17.0 Å². The Bertz CT molecular complexity index is 697. The second kappa shape index (κ2) is 5.15. The SMILES string of the molecule is Cc1cc(=O)[nH]c(Sc2c(N)cccc2C(=O)O)n1. The van der Waals surface area contributed by atoms with E-state index in [4.69, 9.17) is 10.8 Å². The normalized spacial score (nSPS) is 10.4. The molecular formula is C12H11N3O3S. The van der Waals surface area contributed by atoms with Crippen LogP contribution in [-0.4, -0.2) is 21.0 Å². The van der Waals surface area contributed by atoms with Gasteiger partial charge in [0.25, 0.3) is 5.56 Å². The van der Waals surface area contributed by atoms with Gasteiger partial charge >= 0.3 is 5.97 Å². The highest BCUT2D eigenvalue weighted by Crippen LogP contribution is 2.32. The van der Waals surface area contributed by atoms with Crippen molar-refractivity contribution < 1.29 is 9.90 Å². The molecule has 0 saturated carbocycles. The van der Waals surface area contributed by atoms with Crippen LogP contribution in [0.1, 0.15) is 16.1 Å². The molecule has 1 aromatic heterocycles. The molecule has 0 aliphatic rings. The first-order valence-corrected chi connectivity index (χ1v) is 6.16. The number of aromatic amines is 1. The molecule has 0 saturated heterocycles. The Balaban J connectivity index is 2.48. The number of nitrogens with two attached hydrogens (primary N) is 1. The number of rotatable bonds is 3. The van der Waals surface area contributed by atoms with Gasteiger partial charge in [-0.25, -0.2) is 9.78 Å². The second-order valence-corrected chi connectivity index (χ2v) is 4.82. The fourth-order valence-electron chi connectivity index (χ4n) is 1.53. The van der Waals surface area contributed by atoms with Crippen LogP contribution in [0.3, 0.4) is 0 Å². The highest BCUT2D eigenvalue weighted by Gasteiger charge is 2.15. The number of carboxylic acids is 1. The number of aromatic nitrogens is 2. The number of anilines is 1. The van der Waals surface area contributed by atoms with Gasteiger partial charge in [0.05, 0.1) is 10.5 Å². The average Bonchev–Trinajstić information content (AvgIpc) is 2.30. The molecule has 98 valence electrons. The molecule has 0 atom stereocenters. The lowest BCUT2D eigenvalue weighted by molar-refractivity contribution is 0.0693. The molecule has 0 amide bonds. The Morgan fingerprint density at radius 2 is 2.21 bits per heavy atom. The molecule has 4 N–H and O–H groups in total. The highest BCUT2D eigenvalue weighted by molar-refractivity contribution is 7.99. The molecule has 2 aromatic rings. The first-order chi connectivity index (χ1) is 8.97. The van der Waals surface area contributed by atoms with Crippen LogP contribution in [-0.2, 0) is 0 Å². The number of carboxylic acid groups (broad SMARTS) is 1. The topological polar surface area (TPSA) is 109 Å². The van der Waals surface area contributed by atoms with E-state index in [2.05, 4.69) is 9.97 Å². The summed E-state index contributed by atoms with van der Waals surface area (Å²) < 4.78 is 0. The van der Waals surface area contributed by atoms with Gasteiger partial charge in [0.2, 0.25) is 0 Å². The van der Waals surface area contributed by atoms with Crippen LogP contribution >= 0.6 is 11.8 Å². The zero-order valence-corrected chi connectivity index (χ0v) is 10.8. The number of hydrogen-bond donors (Lipinski definition) is 3. The molecule has 7 heteroatoms. The molecule has 0 spiro atoms. The zero-order valence-electron chi connectivity index (χ0n) is 10.0. The van der Waals surface area contributed by atoms with Gasteiger partial charge in [0.1, 0.15) is 0 Å². The van der Waals surface area contributed by atoms with Crippen LogP contribution in [0.4, 0.5) is 5.69 Å². The van der Waals surface area contributed by atoms with Crippen molar-refractivity contribution in [1.82, 2.24) is 9.97 Å². The minimum atomic E-state index is -1.08. The number of aryl methyl sites for hydroxylation is 1. The summed E-state index contributed by atoms with van der Waals surface area (Å²) in [7, 11) is 0. The predicted molar refractivity (Wildman–Crippen MR) is 71.5 cm³/mol. The third-order valence-electron chi connectivity index (χ3n) is 2.32. The molecule has 0 aliphatic heterocycles. The van der Waals surface area contributed by atoms with Crippen molar-refractivity contribution in [2.24, 2.45) is 0 Å². The lowest BCUT2D eigenvalue weighted by atomic mass is 10.2. The Labute approximate surface area is 112 Å². The molecule has 2 rings (SSSR count). The molecule has 0 fully saturated rings. The van der Waals surface area contributed by atoms with E-state index in [1.54, 1.807) is 19.1 Å². The number of nitrogen functional groups attached to an aromatic ring is 1. The first kappa shape index (κ1) is 13.2. The fourth-order valence-corrected chi connectivity index (χ4v) is 2.52. The standard InChI is InChI=1S/C12H11N3O3S/c1-6-5-9(16)15-12(14-6)19-10-7(11(17)18)3-2-4-8(10)13/h2-5H,13H2,1H3,(H,17,18)(H,14,15,16). The third kappa shape index (κ3) is 2.94. The van der Waals surface area contributed by atoms with Crippen LogP contribution in [0.25, 0.3) is 0 Å². The van der Waals surface area contributed by atoms with Crippen molar-refractivity contribution in [1.29, 1.82) is 0 Å². The molecular weight excluding hydrogens is 266 g/mol. The molecule has 1 heterocycles. The smallest absolute Gasteiger partial charge is 0.336 e. The molecule has 0 aliphatic carbocycles. The summed E-state index contributed by atoms with van der Waals surface area (Å²) in [5.74, 6) is -1.08. The number of hydrogen-bond acceptors (Lipinski definition) is 5. The maximum atomic E-state index is 11.3. The summed E-state index contributed by atoms with van der Waals surface area (Å²) in [4.78, 5) is 29.5. The van der Waals surface area contributed by atoms with Gasteiger partial charge in [0.15, 0.2) is 5.16 Å². The summed E-state index contributed by atoms with van der Waals surface area (Å²) >= 11 is 1.02. The van der Waals surface area contributed by atoms with Gasteiger partial charge in [-0.1, -0.05) is 6.07 Å². The molecule has 19 heavy (non-hydrogen) atoms. The lowest BCUT2D eigenvalue weighted by Gasteiger charge is -2.08. The molecule has 6 nitrogen and oxygen atoms in total. The van der Waals surface area contributed by atoms with Gasteiger partial charge in [-0.15, -0.1) is 0 Å². The minimum absolute atomic E-state index is 0.0779. The second-order valence-electron chi connectivity index (χ2n) is 3.82. The maximum absolute atomic E-state index is 11.3. The summed E-state index contributed by atoms with van der Waals surface area (Å²) in [6.07, 6.45) is 0. The van der Waals surface area contributed by atoms with Crippen molar-refractivity contribution in [3.8, 4) is 0 Å². The van der Waals surface area contributed by atoms with Crippen molar-refractivity contribution >= 4 is 23.4 Å². The van der Waals surface area contributed by atoms with Crippen LogP contribution < -0.4 is 11.3 Å². The summed E-state index contributed by atoms with van der Waals surface area (Å²) in [5.41, 5.74) is 6.45. The van der Waals surface area contributed by atoms with Crippen molar-refractivity contribution in [3.05, 3.63) is 45.9 Å². The van der Waals surface area contributed by atoms with E-state index in [1.165, 1.54) is 12.1 Å². The van der Waals surface area contributed by atoms with E-state index in [0.29, 0.717) is 21.4 Å². The number of nitrogens with one attached hydrogen (secondary N) is 1. The largest absolute Gasteiger partial charge is 0.478 e. The molecule has 0 radical (unpaired) electrons. The van der Waals surface area contributed by atoms with E-state index in [-0.39, 0.29) is 11.1 Å². The molecule has 0 unspecified atom stereocenters.